The first-order valence-electron chi connectivity index (χ1n) is 6.04. The molecule has 98 valence electrons. The third-order valence-corrected chi connectivity index (χ3v) is 4.25. The van der Waals surface area contributed by atoms with Gasteiger partial charge in [0, 0.05) is 12.1 Å². The summed E-state index contributed by atoms with van der Waals surface area (Å²) in [7, 11) is 0. The van der Waals surface area contributed by atoms with Gasteiger partial charge in [0.15, 0.2) is 0 Å². The number of carbonyl (C=O) groups excluding carboxylic acids is 1. The minimum absolute atomic E-state index is 0.138. The Kier molecular flexibility index (Phi) is 4.15. The monoisotopic (exact) mass is 286 g/mol. The van der Waals surface area contributed by atoms with Crippen LogP contribution < -0.4 is 11.1 Å². The summed E-state index contributed by atoms with van der Waals surface area (Å²) in [6.45, 7) is 0.472. The Morgan fingerprint density at radius 2 is 1.94 bits per heavy atom. The van der Waals surface area contributed by atoms with Gasteiger partial charge in [-0.05, 0) is 31.0 Å². The molecule has 1 fully saturated rings. The Morgan fingerprint density at radius 1 is 1.28 bits per heavy atom. The summed E-state index contributed by atoms with van der Waals surface area (Å²) in [5.74, 6) is -0.138. The Bertz CT molecular complexity index is 456. The largest absolute Gasteiger partial charge is 0.345 e. The Labute approximate surface area is 117 Å². The van der Waals surface area contributed by atoms with E-state index in [0.717, 1.165) is 25.7 Å². The Balaban J connectivity index is 2.13. The Morgan fingerprint density at radius 3 is 2.50 bits per heavy atom. The van der Waals surface area contributed by atoms with E-state index in [1.54, 1.807) is 18.2 Å². The van der Waals surface area contributed by atoms with Crippen LogP contribution in [-0.2, 0) is 0 Å². The van der Waals surface area contributed by atoms with E-state index in [4.69, 9.17) is 28.9 Å². The molecule has 3 N–H and O–H groups in total. The second-order valence-corrected chi connectivity index (χ2v) is 5.59. The van der Waals surface area contributed by atoms with E-state index in [9.17, 15) is 4.79 Å². The molecule has 0 bridgehead atoms. The Hall–Kier alpha value is -0.770. The molecule has 1 saturated carbocycles. The van der Waals surface area contributed by atoms with E-state index in [-0.39, 0.29) is 11.4 Å². The first-order valence-corrected chi connectivity index (χ1v) is 6.79. The lowest BCUT2D eigenvalue weighted by atomic mass is 9.97. The van der Waals surface area contributed by atoms with Crippen molar-refractivity contribution < 1.29 is 4.79 Å². The fourth-order valence-electron chi connectivity index (χ4n) is 2.38. The van der Waals surface area contributed by atoms with Crippen LogP contribution in [0.4, 0.5) is 0 Å². The van der Waals surface area contributed by atoms with Gasteiger partial charge < -0.3 is 11.1 Å². The number of rotatable bonds is 3. The normalized spacial score (nSPS) is 17.7. The molecular formula is C13H16Cl2N2O. The van der Waals surface area contributed by atoms with Crippen molar-refractivity contribution in [1.29, 1.82) is 0 Å². The maximum absolute atomic E-state index is 12.2. The van der Waals surface area contributed by atoms with Crippen LogP contribution in [0.5, 0.6) is 0 Å². The molecule has 1 aromatic carbocycles. The van der Waals surface area contributed by atoms with Gasteiger partial charge in [-0.15, -0.1) is 0 Å². The first kappa shape index (κ1) is 13.7. The lowest BCUT2D eigenvalue weighted by molar-refractivity contribution is 0.0903. The van der Waals surface area contributed by atoms with E-state index in [0.29, 0.717) is 22.2 Å². The van der Waals surface area contributed by atoms with Crippen LogP contribution >= 0.6 is 23.2 Å². The van der Waals surface area contributed by atoms with Gasteiger partial charge in [0.05, 0.1) is 15.6 Å². The second-order valence-electron chi connectivity index (χ2n) is 4.77. The summed E-state index contributed by atoms with van der Waals surface area (Å²) in [4.78, 5) is 12.2. The molecule has 0 heterocycles. The number of benzene rings is 1. The molecular weight excluding hydrogens is 271 g/mol. The predicted molar refractivity (Wildman–Crippen MR) is 74.2 cm³/mol. The number of amides is 1. The smallest absolute Gasteiger partial charge is 0.251 e. The van der Waals surface area contributed by atoms with E-state index < -0.39 is 0 Å². The summed E-state index contributed by atoms with van der Waals surface area (Å²) in [6.07, 6.45) is 4.10. The SMILES string of the molecule is NCC1(NC(=O)c2ccc(Cl)c(Cl)c2)CCCC1. The third-order valence-electron chi connectivity index (χ3n) is 3.51. The highest BCUT2D eigenvalue weighted by Crippen LogP contribution is 2.29. The zero-order valence-corrected chi connectivity index (χ0v) is 11.5. The number of hydrogen-bond donors (Lipinski definition) is 2. The minimum atomic E-state index is -0.247. The fraction of sp³-hybridized carbons (Fsp3) is 0.462. The van der Waals surface area contributed by atoms with Crippen molar-refractivity contribution in [3.63, 3.8) is 0 Å². The molecule has 3 nitrogen and oxygen atoms in total. The van der Waals surface area contributed by atoms with Crippen molar-refractivity contribution in [1.82, 2.24) is 5.32 Å². The van der Waals surface area contributed by atoms with Crippen molar-refractivity contribution in [2.75, 3.05) is 6.54 Å². The quantitative estimate of drug-likeness (QED) is 0.898. The minimum Gasteiger partial charge on any atom is -0.345 e. The molecule has 0 aliphatic heterocycles. The van der Waals surface area contributed by atoms with E-state index in [1.807, 2.05) is 0 Å². The van der Waals surface area contributed by atoms with Gasteiger partial charge in [-0.25, -0.2) is 0 Å². The van der Waals surface area contributed by atoms with Crippen LogP contribution in [0.2, 0.25) is 10.0 Å². The topological polar surface area (TPSA) is 55.1 Å². The highest BCUT2D eigenvalue weighted by molar-refractivity contribution is 6.42. The predicted octanol–water partition coefficient (Wildman–Crippen LogP) is 2.99. The van der Waals surface area contributed by atoms with Gasteiger partial charge in [-0.3, -0.25) is 4.79 Å². The number of halogens is 2. The molecule has 1 aromatic rings. The molecule has 0 radical (unpaired) electrons. The van der Waals surface area contributed by atoms with Crippen molar-refractivity contribution in [2.45, 2.75) is 31.2 Å². The van der Waals surface area contributed by atoms with Crippen LogP contribution in [0.25, 0.3) is 0 Å². The summed E-state index contributed by atoms with van der Waals surface area (Å²) >= 11 is 11.7. The fourth-order valence-corrected chi connectivity index (χ4v) is 2.68. The molecule has 2 rings (SSSR count). The molecule has 1 aliphatic carbocycles. The van der Waals surface area contributed by atoms with E-state index in [1.165, 1.54) is 0 Å². The van der Waals surface area contributed by atoms with Gasteiger partial charge in [-0.2, -0.15) is 0 Å². The van der Waals surface area contributed by atoms with Crippen molar-refractivity contribution in [3.05, 3.63) is 33.8 Å². The summed E-state index contributed by atoms with van der Waals surface area (Å²) in [5, 5.41) is 3.87. The number of nitrogens with one attached hydrogen (secondary N) is 1. The average Bonchev–Trinajstić information content (AvgIpc) is 2.82. The van der Waals surface area contributed by atoms with Crippen LogP contribution in [0.15, 0.2) is 18.2 Å². The van der Waals surface area contributed by atoms with Gasteiger partial charge in [0.1, 0.15) is 0 Å². The van der Waals surface area contributed by atoms with Crippen LogP contribution in [0, 0.1) is 0 Å². The molecule has 0 unspecified atom stereocenters. The zero-order chi connectivity index (χ0) is 13.2. The molecule has 0 atom stereocenters. The van der Waals surface area contributed by atoms with Gasteiger partial charge in [-0.1, -0.05) is 36.0 Å². The lowest BCUT2D eigenvalue weighted by Crippen LogP contribution is -2.51. The van der Waals surface area contributed by atoms with Crippen LogP contribution in [-0.4, -0.2) is 18.0 Å². The van der Waals surface area contributed by atoms with Gasteiger partial charge in [0.2, 0.25) is 0 Å². The first-order chi connectivity index (χ1) is 8.56. The van der Waals surface area contributed by atoms with E-state index >= 15 is 0 Å². The van der Waals surface area contributed by atoms with E-state index in [2.05, 4.69) is 5.32 Å². The highest BCUT2D eigenvalue weighted by Gasteiger charge is 2.34. The number of hydrogen-bond acceptors (Lipinski definition) is 2. The number of nitrogens with two attached hydrogens (primary N) is 1. The average molecular weight is 287 g/mol. The van der Waals surface area contributed by atoms with Gasteiger partial charge in [0.25, 0.3) is 5.91 Å². The highest BCUT2D eigenvalue weighted by atomic mass is 35.5. The molecule has 18 heavy (non-hydrogen) atoms. The standard InChI is InChI=1S/C13H16Cl2N2O/c14-10-4-3-9(7-11(10)15)12(18)17-13(8-16)5-1-2-6-13/h3-4,7H,1-2,5-6,8,16H2,(H,17,18). The summed E-state index contributed by atoms with van der Waals surface area (Å²) < 4.78 is 0. The zero-order valence-electron chi connectivity index (χ0n) is 10.0. The van der Waals surface area contributed by atoms with Crippen molar-refractivity contribution >= 4 is 29.1 Å². The van der Waals surface area contributed by atoms with Crippen molar-refractivity contribution in [3.8, 4) is 0 Å². The van der Waals surface area contributed by atoms with Crippen molar-refractivity contribution in [2.24, 2.45) is 5.73 Å². The maximum atomic E-state index is 12.2. The lowest BCUT2D eigenvalue weighted by Gasteiger charge is -2.28. The molecule has 5 heteroatoms. The van der Waals surface area contributed by atoms with Crippen LogP contribution in [0.3, 0.4) is 0 Å². The maximum Gasteiger partial charge on any atom is 0.251 e. The second kappa shape index (κ2) is 5.47. The summed E-state index contributed by atoms with van der Waals surface area (Å²) in [5.41, 5.74) is 6.06. The van der Waals surface area contributed by atoms with Crippen LogP contribution in [0.1, 0.15) is 36.0 Å². The summed E-state index contributed by atoms with van der Waals surface area (Å²) in [6, 6.07) is 4.88. The molecule has 0 saturated heterocycles. The molecule has 0 spiro atoms. The molecule has 1 aliphatic rings. The number of carbonyl (C=O) groups is 1. The van der Waals surface area contributed by atoms with Gasteiger partial charge >= 0.3 is 0 Å². The molecule has 0 aromatic heterocycles. The molecule has 1 amide bonds. The third kappa shape index (κ3) is 2.79.